The van der Waals surface area contributed by atoms with Gasteiger partial charge >= 0.3 is 0 Å². The lowest BCUT2D eigenvalue weighted by Gasteiger charge is -2.45. The third-order valence-corrected chi connectivity index (χ3v) is 6.11. The second-order valence-electron chi connectivity index (χ2n) is 7.68. The van der Waals surface area contributed by atoms with Crippen LogP contribution >= 0.6 is 0 Å². The van der Waals surface area contributed by atoms with E-state index in [2.05, 4.69) is 39.8 Å². The van der Waals surface area contributed by atoms with E-state index in [4.69, 9.17) is 4.74 Å². The molecular weight excluding hydrogens is 260 g/mol. The van der Waals surface area contributed by atoms with Gasteiger partial charge in [0.1, 0.15) is 5.75 Å². The summed E-state index contributed by atoms with van der Waals surface area (Å²) in [5.74, 6) is 2.74. The van der Waals surface area contributed by atoms with Gasteiger partial charge in [0.05, 0.1) is 13.2 Å². The highest BCUT2D eigenvalue weighted by molar-refractivity contribution is 5.49. The van der Waals surface area contributed by atoms with E-state index in [0.717, 1.165) is 18.6 Å². The molecule has 0 aliphatic heterocycles. The van der Waals surface area contributed by atoms with Gasteiger partial charge in [0.2, 0.25) is 0 Å². The largest absolute Gasteiger partial charge is 0.496 e. The van der Waals surface area contributed by atoms with E-state index in [-0.39, 0.29) is 11.5 Å². The van der Waals surface area contributed by atoms with Crippen molar-refractivity contribution in [1.29, 1.82) is 0 Å². The van der Waals surface area contributed by atoms with Gasteiger partial charge in [0, 0.05) is 17.4 Å². The molecule has 2 heteroatoms. The summed E-state index contributed by atoms with van der Waals surface area (Å²) in [6.45, 7) is 9.08. The highest BCUT2D eigenvalue weighted by Crippen LogP contribution is 2.60. The van der Waals surface area contributed by atoms with Crippen molar-refractivity contribution in [2.24, 2.45) is 17.3 Å². The summed E-state index contributed by atoms with van der Waals surface area (Å²) in [5.41, 5.74) is 3.97. The van der Waals surface area contributed by atoms with Crippen LogP contribution in [0.1, 0.15) is 56.2 Å². The monoisotopic (exact) mass is 288 g/mol. The van der Waals surface area contributed by atoms with Crippen molar-refractivity contribution in [1.82, 2.24) is 0 Å². The molecule has 2 aliphatic carbocycles. The maximum atomic E-state index is 10.8. The lowest BCUT2D eigenvalue weighted by molar-refractivity contribution is 0.0123. The molecule has 1 N–H and O–H groups in total. The molecule has 1 aromatic rings. The predicted octanol–water partition coefficient (Wildman–Crippen LogP) is 4.08. The van der Waals surface area contributed by atoms with Crippen molar-refractivity contribution in [3.63, 3.8) is 0 Å². The smallest absolute Gasteiger partial charge is 0.122 e. The molecule has 1 unspecified atom stereocenters. The fraction of sp³-hybridized carbons (Fsp3) is 0.684. The quantitative estimate of drug-likeness (QED) is 0.888. The SMILES string of the molecule is COc1cc(C)cc2c1CC(O)[C@]1(C)CC[C@H](C(C)C)[C@H]21. The molecule has 3 rings (SSSR count). The van der Waals surface area contributed by atoms with Gasteiger partial charge in [-0.3, -0.25) is 0 Å². The minimum Gasteiger partial charge on any atom is -0.496 e. The number of benzene rings is 1. The van der Waals surface area contributed by atoms with Gasteiger partial charge in [0.15, 0.2) is 0 Å². The molecule has 0 heterocycles. The molecular formula is C19H28O2. The second kappa shape index (κ2) is 5.01. The molecule has 0 radical (unpaired) electrons. The fourth-order valence-corrected chi connectivity index (χ4v) is 4.88. The number of hydrogen-bond donors (Lipinski definition) is 1. The van der Waals surface area contributed by atoms with E-state index in [1.165, 1.54) is 23.1 Å². The Morgan fingerprint density at radius 1 is 1.33 bits per heavy atom. The van der Waals surface area contributed by atoms with Gasteiger partial charge in [-0.1, -0.05) is 26.8 Å². The van der Waals surface area contributed by atoms with Gasteiger partial charge in [-0.15, -0.1) is 0 Å². The van der Waals surface area contributed by atoms with Gasteiger partial charge in [0.25, 0.3) is 0 Å². The molecule has 0 spiro atoms. The van der Waals surface area contributed by atoms with Crippen molar-refractivity contribution in [3.8, 4) is 5.75 Å². The summed E-state index contributed by atoms with van der Waals surface area (Å²) in [7, 11) is 1.74. The highest BCUT2D eigenvalue weighted by Gasteiger charge is 2.54. The molecule has 1 saturated carbocycles. The topological polar surface area (TPSA) is 29.5 Å². The lowest BCUT2D eigenvalue weighted by Crippen LogP contribution is -2.42. The molecule has 2 nitrogen and oxygen atoms in total. The minimum atomic E-state index is -0.254. The van der Waals surface area contributed by atoms with Crippen LogP contribution in [-0.2, 0) is 6.42 Å². The van der Waals surface area contributed by atoms with Gasteiger partial charge < -0.3 is 9.84 Å². The van der Waals surface area contributed by atoms with Crippen LogP contribution in [0.15, 0.2) is 12.1 Å². The molecule has 21 heavy (non-hydrogen) atoms. The third-order valence-electron chi connectivity index (χ3n) is 6.11. The number of aliphatic hydroxyl groups excluding tert-OH is 1. The number of ether oxygens (including phenoxy) is 1. The first-order chi connectivity index (χ1) is 9.88. The Kier molecular flexibility index (Phi) is 3.56. The summed E-state index contributed by atoms with van der Waals surface area (Å²) >= 11 is 0. The average molecular weight is 288 g/mol. The summed E-state index contributed by atoms with van der Waals surface area (Å²) in [6, 6.07) is 4.45. The molecule has 0 bridgehead atoms. The van der Waals surface area contributed by atoms with Crippen molar-refractivity contribution < 1.29 is 9.84 Å². The molecule has 0 amide bonds. The Labute approximate surface area is 128 Å². The van der Waals surface area contributed by atoms with Crippen LogP contribution in [0.25, 0.3) is 0 Å². The molecule has 0 aromatic heterocycles. The highest BCUT2D eigenvalue weighted by atomic mass is 16.5. The van der Waals surface area contributed by atoms with E-state index >= 15 is 0 Å². The Morgan fingerprint density at radius 3 is 2.67 bits per heavy atom. The Bertz CT molecular complexity index is 549. The van der Waals surface area contributed by atoms with Crippen molar-refractivity contribution in [2.75, 3.05) is 7.11 Å². The van der Waals surface area contributed by atoms with Crippen molar-refractivity contribution in [3.05, 3.63) is 28.8 Å². The molecule has 4 atom stereocenters. The van der Waals surface area contributed by atoms with Crippen LogP contribution in [0.2, 0.25) is 0 Å². The number of aryl methyl sites for hydroxylation is 1. The number of rotatable bonds is 2. The first-order valence-electron chi connectivity index (χ1n) is 8.24. The predicted molar refractivity (Wildman–Crippen MR) is 85.9 cm³/mol. The van der Waals surface area contributed by atoms with Crippen LogP contribution in [0.5, 0.6) is 5.75 Å². The van der Waals surface area contributed by atoms with E-state index in [1.54, 1.807) is 7.11 Å². The first-order valence-corrected chi connectivity index (χ1v) is 8.24. The Balaban J connectivity index is 2.19. The lowest BCUT2D eigenvalue weighted by atomic mass is 9.61. The second-order valence-corrected chi connectivity index (χ2v) is 7.68. The average Bonchev–Trinajstić information content (AvgIpc) is 2.79. The van der Waals surface area contributed by atoms with Crippen LogP contribution in [0, 0.1) is 24.2 Å². The maximum Gasteiger partial charge on any atom is 0.122 e. The Hall–Kier alpha value is -1.02. The maximum absolute atomic E-state index is 10.8. The summed E-state index contributed by atoms with van der Waals surface area (Å²) in [5, 5.41) is 10.8. The van der Waals surface area contributed by atoms with Crippen molar-refractivity contribution >= 4 is 0 Å². The normalized spacial score (nSPS) is 34.7. The van der Waals surface area contributed by atoms with E-state index in [9.17, 15) is 5.11 Å². The zero-order valence-electron chi connectivity index (χ0n) is 13.9. The third kappa shape index (κ3) is 2.11. The minimum absolute atomic E-state index is 0.0285. The number of hydrogen-bond acceptors (Lipinski definition) is 2. The number of methoxy groups -OCH3 is 1. The zero-order valence-corrected chi connectivity index (χ0v) is 13.9. The number of fused-ring (bicyclic) bond motifs is 3. The standard InChI is InChI=1S/C19H28O2/c1-11(2)13-6-7-19(4)17(20)10-14-15(18(13)19)8-12(3)9-16(14)21-5/h8-9,11,13,17-18,20H,6-7,10H2,1-5H3/t13-,17?,18-,19+/m1/s1. The number of aliphatic hydroxyl groups is 1. The summed E-state index contributed by atoms with van der Waals surface area (Å²) in [6.07, 6.45) is 2.84. The summed E-state index contributed by atoms with van der Waals surface area (Å²) in [4.78, 5) is 0. The fourth-order valence-electron chi connectivity index (χ4n) is 4.88. The molecule has 116 valence electrons. The van der Waals surface area contributed by atoms with Gasteiger partial charge in [-0.2, -0.15) is 0 Å². The van der Waals surface area contributed by atoms with Crippen LogP contribution in [0.4, 0.5) is 0 Å². The summed E-state index contributed by atoms with van der Waals surface area (Å²) < 4.78 is 5.61. The Morgan fingerprint density at radius 2 is 2.05 bits per heavy atom. The molecule has 2 aliphatic rings. The first kappa shape index (κ1) is 14.9. The van der Waals surface area contributed by atoms with Crippen LogP contribution in [-0.4, -0.2) is 18.3 Å². The van der Waals surface area contributed by atoms with E-state index < -0.39 is 0 Å². The molecule has 1 fully saturated rings. The van der Waals surface area contributed by atoms with Crippen LogP contribution in [0.3, 0.4) is 0 Å². The molecule has 0 saturated heterocycles. The van der Waals surface area contributed by atoms with E-state index in [0.29, 0.717) is 17.8 Å². The van der Waals surface area contributed by atoms with E-state index in [1.807, 2.05) is 0 Å². The van der Waals surface area contributed by atoms with Gasteiger partial charge in [-0.25, -0.2) is 0 Å². The molecule has 1 aromatic carbocycles. The van der Waals surface area contributed by atoms with Crippen LogP contribution < -0.4 is 4.74 Å². The van der Waals surface area contributed by atoms with Crippen molar-refractivity contribution in [2.45, 2.75) is 59.0 Å². The van der Waals surface area contributed by atoms with Gasteiger partial charge in [-0.05, 0) is 54.7 Å². The zero-order chi connectivity index (χ0) is 15.4.